The molecule has 1 N–H and O–H groups in total. The third-order valence-corrected chi connectivity index (χ3v) is 5.78. The number of carbonyl (C=O) groups excluding carboxylic acids is 2. The Morgan fingerprint density at radius 2 is 1.74 bits per heavy atom. The van der Waals surface area contributed by atoms with Crippen LogP contribution in [0.4, 0.5) is 5.69 Å². The van der Waals surface area contributed by atoms with Crippen molar-refractivity contribution in [1.82, 2.24) is 4.31 Å². The number of methoxy groups -OCH3 is 1. The van der Waals surface area contributed by atoms with Gasteiger partial charge in [-0.05, 0) is 43.7 Å². The first-order chi connectivity index (χ1) is 12.6. The lowest BCUT2D eigenvalue weighted by Gasteiger charge is -2.18. The van der Waals surface area contributed by atoms with E-state index < -0.39 is 15.9 Å². The molecule has 0 aromatic heterocycles. The smallest absolute Gasteiger partial charge is 0.243 e. The molecular formula is C19H22N2O5S. The Bertz CT molecular complexity index is 953. The molecule has 7 nitrogen and oxygen atoms in total. The number of ketones is 1. The van der Waals surface area contributed by atoms with Crippen molar-refractivity contribution in [3.63, 3.8) is 0 Å². The highest BCUT2D eigenvalue weighted by Gasteiger charge is 2.23. The van der Waals surface area contributed by atoms with Crippen molar-refractivity contribution < 1.29 is 22.7 Å². The number of hydrogen-bond acceptors (Lipinski definition) is 5. The zero-order valence-electron chi connectivity index (χ0n) is 15.6. The van der Waals surface area contributed by atoms with Crippen LogP contribution < -0.4 is 10.1 Å². The molecule has 0 spiro atoms. The van der Waals surface area contributed by atoms with Gasteiger partial charge in [0.05, 0.1) is 24.2 Å². The summed E-state index contributed by atoms with van der Waals surface area (Å²) < 4.78 is 31.4. The molecule has 0 atom stereocenters. The van der Waals surface area contributed by atoms with Gasteiger partial charge in [-0.1, -0.05) is 18.2 Å². The molecule has 0 saturated heterocycles. The van der Waals surface area contributed by atoms with E-state index in [9.17, 15) is 18.0 Å². The van der Waals surface area contributed by atoms with E-state index in [4.69, 9.17) is 4.74 Å². The van der Waals surface area contributed by atoms with Gasteiger partial charge in [-0.3, -0.25) is 9.59 Å². The first kappa shape index (κ1) is 20.6. The van der Waals surface area contributed by atoms with Gasteiger partial charge in [-0.2, -0.15) is 4.31 Å². The molecule has 0 aliphatic carbocycles. The molecule has 0 heterocycles. The van der Waals surface area contributed by atoms with E-state index in [0.29, 0.717) is 17.0 Å². The van der Waals surface area contributed by atoms with Crippen molar-refractivity contribution in [2.24, 2.45) is 0 Å². The molecule has 1 amide bonds. The van der Waals surface area contributed by atoms with Crippen LogP contribution in [-0.4, -0.2) is 45.1 Å². The standard InChI is InChI=1S/C19H22N2O5S/c1-13-5-10-18(26-4)17(11-13)20-19(23)12-21(3)27(24,25)16-8-6-15(7-9-16)14(2)22/h5-11H,12H2,1-4H3,(H,20,23). The van der Waals surface area contributed by atoms with E-state index >= 15 is 0 Å². The number of rotatable bonds is 7. The van der Waals surface area contributed by atoms with Gasteiger partial charge in [0, 0.05) is 12.6 Å². The summed E-state index contributed by atoms with van der Waals surface area (Å²) in [4.78, 5) is 23.6. The lowest BCUT2D eigenvalue weighted by Crippen LogP contribution is -2.35. The van der Waals surface area contributed by atoms with Crippen LogP contribution in [0.5, 0.6) is 5.75 Å². The zero-order valence-corrected chi connectivity index (χ0v) is 16.5. The highest BCUT2D eigenvalue weighted by Crippen LogP contribution is 2.25. The number of nitrogens with zero attached hydrogens (tertiary/aromatic N) is 1. The number of likely N-dealkylation sites (N-methyl/N-ethyl adjacent to an activating group) is 1. The van der Waals surface area contributed by atoms with Crippen LogP contribution in [0.15, 0.2) is 47.4 Å². The largest absolute Gasteiger partial charge is 0.495 e. The van der Waals surface area contributed by atoms with Crippen LogP contribution in [0.2, 0.25) is 0 Å². The van der Waals surface area contributed by atoms with Crippen molar-refractivity contribution >= 4 is 27.4 Å². The van der Waals surface area contributed by atoms with Gasteiger partial charge >= 0.3 is 0 Å². The number of carbonyl (C=O) groups is 2. The summed E-state index contributed by atoms with van der Waals surface area (Å²) in [5, 5.41) is 2.67. The second kappa shape index (κ2) is 8.32. The fourth-order valence-electron chi connectivity index (χ4n) is 2.44. The molecule has 0 aliphatic heterocycles. The van der Waals surface area contributed by atoms with Gasteiger partial charge in [-0.25, -0.2) is 8.42 Å². The predicted molar refractivity (Wildman–Crippen MR) is 103 cm³/mol. The monoisotopic (exact) mass is 390 g/mol. The van der Waals surface area contributed by atoms with E-state index in [-0.39, 0.29) is 17.2 Å². The Hall–Kier alpha value is -2.71. The SMILES string of the molecule is COc1ccc(C)cc1NC(=O)CN(C)S(=O)(=O)c1ccc(C(C)=O)cc1. The van der Waals surface area contributed by atoms with Crippen LogP contribution in [0.1, 0.15) is 22.8 Å². The maximum atomic E-state index is 12.6. The molecule has 2 aromatic rings. The third-order valence-electron chi connectivity index (χ3n) is 3.96. The molecule has 0 saturated carbocycles. The van der Waals surface area contributed by atoms with Crippen LogP contribution in [0.25, 0.3) is 0 Å². The normalized spacial score (nSPS) is 11.3. The van der Waals surface area contributed by atoms with Gasteiger partial charge in [0.25, 0.3) is 0 Å². The Morgan fingerprint density at radius 1 is 1.11 bits per heavy atom. The average molecular weight is 390 g/mol. The number of anilines is 1. The maximum Gasteiger partial charge on any atom is 0.243 e. The summed E-state index contributed by atoms with van der Waals surface area (Å²) in [6.07, 6.45) is 0. The van der Waals surface area contributed by atoms with Crippen LogP contribution in [0, 0.1) is 6.92 Å². The summed E-state index contributed by atoms with van der Waals surface area (Å²) in [7, 11) is -1.05. The number of sulfonamides is 1. The number of aryl methyl sites for hydroxylation is 1. The van der Waals surface area contributed by atoms with Crippen molar-refractivity contribution in [3.8, 4) is 5.75 Å². The fraction of sp³-hybridized carbons (Fsp3) is 0.263. The third kappa shape index (κ3) is 4.93. The molecule has 0 fully saturated rings. The first-order valence-corrected chi connectivity index (χ1v) is 9.61. The van der Waals surface area contributed by atoms with E-state index in [1.807, 2.05) is 13.0 Å². The van der Waals surface area contributed by atoms with Crippen molar-refractivity contribution in [1.29, 1.82) is 0 Å². The lowest BCUT2D eigenvalue weighted by molar-refractivity contribution is -0.116. The predicted octanol–water partition coefficient (Wildman–Crippen LogP) is 2.47. The van der Waals surface area contributed by atoms with Gasteiger partial charge in [0.15, 0.2) is 5.78 Å². The quantitative estimate of drug-likeness (QED) is 0.733. The number of amides is 1. The highest BCUT2D eigenvalue weighted by atomic mass is 32.2. The maximum absolute atomic E-state index is 12.6. The fourth-order valence-corrected chi connectivity index (χ4v) is 3.57. The summed E-state index contributed by atoms with van der Waals surface area (Å²) in [6, 6.07) is 10.9. The summed E-state index contributed by atoms with van der Waals surface area (Å²) in [5.74, 6) is -0.164. The minimum atomic E-state index is -3.86. The van der Waals surface area contributed by atoms with Gasteiger partial charge in [0.2, 0.25) is 15.9 Å². The molecular weight excluding hydrogens is 368 g/mol. The molecule has 2 rings (SSSR count). The van der Waals surface area contributed by atoms with Gasteiger partial charge in [0.1, 0.15) is 5.75 Å². The summed E-state index contributed by atoms with van der Waals surface area (Å²) >= 11 is 0. The molecule has 8 heteroatoms. The second-order valence-corrected chi connectivity index (χ2v) is 8.14. The van der Waals surface area contributed by atoms with Gasteiger partial charge in [-0.15, -0.1) is 0 Å². The first-order valence-electron chi connectivity index (χ1n) is 8.17. The lowest BCUT2D eigenvalue weighted by atomic mass is 10.2. The molecule has 0 aliphatic rings. The Morgan fingerprint density at radius 3 is 2.30 bits per heavy atom. The van der Waals surface area contributed by atoms with E-state index in [1.165, 1.54) is 45.3 Å². The number of ether oxygens (including phenoxy) is 1. The topological polar surface area (TPSA) is 92.8 Å². The van der Waals surface area contributed by atoms with E-state index in [2.05, 4.69) is 5.32 Å². The van der Waals surface area contributed by atoms with Crippen molar-refractivity contribution in [2.45, 2.75) is 18.7 Å². The molecule has 2 aromatic carbocycles. The molecule has 27 heavy (non-hydrogen) atoms. The van der Waals surface area contributed by atoms with Crippen LogP contribution >= 0.6 is 0 Å². The number of benzene rings is 2. The average Bonchev–Trinajstić information content (AvgIpc) is 2.61. The molecule has 0 unspecified atom stereocenters. The Labute approximate surface area is 159 Å². The van der Waals surface area contributed by atoms with Crippen LogP contribution in [0.3, 0.4) is 0 Å². The second-order valence-electron chi connectivity index (χ2n) is 6.09. The number of Topliss-reactive ketones (excluding diaryl/α,β-unsaturated/α-hetero) is 1. The zero-order chi connectivity index (χ0) is 20.2. The Balaban J connectivity index is 2.13. The van der Waals surface area contributed by atoms with E-state index in [0.717, 1.165) is 9.87 Å². The highest BCUT2D eigenvalue weighted by molar-refractivity contribution is 7.89. The van der Waals surface area contributed by atoms with Crippen LogP contribution in [-0.2, 0) is 14.8 Å². The van der Waals surface area contributed by atoms with E-state index in [1.54, 1.807) is 12.1 Å². The number of hydrogen-bond donors (Lipinski definition) is 1. The molecule has 0 radical (unpaired) electrons. The summed E-state index contributed by atoms with van der Waals surface area (Å²) in [5.41, 5.74) is 1.82. The Kier molecular flexibility index (Phi) is 6.35. The minimum Gasteiger partial charge on any atom is -0.495 e. The minimum absolute atomic E-state index is 0.0101. The van der Waals surface area contributed by atoms with Gasteiger partial charge < -0.3 is 10.1 Å². The van der Waals surface area contributed by atoms with Crippen molar-refractivity contribution in [3.05, 3.63) is 53.6 Å². The molecule has 0 bridgehead atoms. The summed E-state index contributed by atoms with van der Waals surface area (Å²) in [6.45, 7) is 2.91. The number of nitrogens with one attached hydrogen (secondary N) is 1. The van der Waals surface area contributed by atoms with Crippen molar-refractivity contribution in [2.75, 3.05) is 26.0 Å². The molecule has 144 valence electrons.